The first-order valence-electron chi connectivity index (χ1n) is 14.7. The molecule has 0 bridgehead atoms. The van der Waals surface area contributed by atoms with Crippen molar-refractivity contribution in [3.63, 3.8) is 0 Å². The lowest BCUT2D eigenvalue weighted by Crippen LogP contribution is -2.44. The molecule has 0 radical (unpaired) electrons. The highest BCUT2D eigenvalue weighted by Crippen LogP contribution is 2.42. The lowest BCUT2D eigenvalue weighted by molar-refractivity contribution is -0.147. The first-order valence-corrected chi connectivity index (χ1v) is 15.1. The van der Waals surface area contributed by atoms with Crippen molar-refractivity contribution in [2.45, 2.75) is 64.1 Å². The number of pyridine rings is 1. The average Bonchev–Trinajstić information content (AvgIpc) is 3.12. The van der Waals surface area contributed by atoms with E-state index >= 15 is 0 Å². The number of rotatable bonds is 12. The number of ether oxygens (including phenoxy) is 1. The molecule has 5 unspecified atom stereocenters. The zero-order chi connectivity index (χ0) is 30.4. The number of carbonyl (C=O) groups excluding carboxylic acids is 1. The van der Waals surface area contributed by atoms with E-state index in [-0.39, 0.29) is 29.4 Å². The van der Waals surface area contributed by atoms with Crippen molar-refractivity contribution >= 4 is 29.3 Å². The highest BCUT2D eigenvalue weighted by atomic mass is 35.5. The molecule has 42 heavy (non-hydrogen) atoms. The quantitative estimate of drug-likeness (QED) is 0.303. The lowest BCUT2D eigenvalue weighted by Gasteiger charge is -2.42. The van der Waals surface area contributed by atoms with Crippen LogP contribution in [0.3, 0.4) is 0 Å². The van der Waals surface area contributed by atoms with Crippen LogP contribution in [-0.2, 0) is 16.0 Å². The van der Waals surface area contributed by atoms with Crippen LogP contribution in [0.15, 0.2) is 42.5 Å². The molecule has 1 amide bonds. The second kappa shape index (κ2) is 14.4. The molecule has 1 aromatic carbocycles. The van der Waals surface area contributed by atoms with E-state index in [4.69, 9.17) is 16.3 Å². The Balaban J connectivity index is 1.57. The third kappa shape index (κ3) is 7.62. The van der Waals surface area contributed by atoms with Gasteiger partial charge < -0.3 is 29.9 Å². The molecule has 0 saturated heterocycles. The topological polar surface area (TPSA) is 123 Å². The van der Waals surface area contributed by atoms with Gasteiger partial charge in [-0.15, -0.1) is 0 Å². The maximum atomic E-state index is 11.5. The van der Waals surface area contributed by atoms with Crippen molar-refractivity contribution in [3.8, 4) is 5.75 Å². The minimum absolute atomic E-state index is 0.00692. The summed E-state index contributed by atoms with van der Waals surface area (Å²) >= 11 is 6.34. The van der Waals surface area contributed by atoms with Crippen LogP contribution in [0.5, 0.6) is 5.75 Å². The van der Waals surface area contributed by atoms with E-state index in [2.05, 4.69) is 22.9 Å². The molecule has 2 heterocycles. The van der Waals surface area contributed by atoms with Crippen molar-refractivity contribution in [2.24, 2.45) is 11.8 Å². The average molecular weight is 600 g/mol. The Hall–Kier alpha value is -3.14. The molecule has 5 atom stereocenters. The molecule has 10 heteroatoms. The summed E-state index contributed by atoms with van der Waals surface area (Å²) in [6.07, 6.45) is 5.79. The summed E-state index contributed by atoms with van der Waals surface area (Å²) in [5.74, 6) is -0.0537. The van der Waals surface area contributed by atoms with Crippen molar-refractivity contribution in [2.75, 3.05) is 38.2 Å². The molecule has 4 rings (SSSR count). The van der Waals surface area contributed by atoms with Gasteiger partial charge in [0.05, 0.1) is 18.4 Å². The predicted molar refractivity (Wildman–Crippen MR) is 162 cm³/mol. The summed E-state index contributed by atoms with van der Waals surface area (Å²) in [5, 5.41) is 31.3. The molecule has 1 aliphatic carbocycles. The number of aryl methyl sites for hydroxylation is 1. The van der Waals surface area contributed by atoms with Gasteiger partial charge in [-0.05, 0) is 72.9 Å². The summed E-state index contributed by atoms with van der Waals surface area (Å²) in [7, 11) is 1.76. The number of aromatic nitrogens is 1. The SMILES string of the molecule is CCCc1cc(Cl)ccc1C1COc2ccc(C(O)C(=O)O)nc2N(CC2CCC2C(O)/C=C/CCN(C)C(C)=O)C1. The van der Waals surface area contributed by atoms with E-state index in [1.165, 1.54) is 18.6 Å². The fourth-order valence-electron chi connectivity index (χ4n) is 5.83. The minimum atomic E-state index is -1.74. The standard InChI is InChI=1S/C32H42ClN3O6/c1-4-7-21-16-24(33)10-12-25(21)23-18-36(31-29(42-19-23)14-13-27(34-31)30(39)32(40)41)17-22-9-11-26(22)28(38)8-5-6-15-35(3)20(2)37/h5,8,10,12-14,16,22-23,26,28,30,38-39H,4,6-7,9,11,15,17-19H2,1-3H3,(H,40,41)/b8-5+. The number of hydrogen-bond acceptors (Lipinski definition) is 7. The smallest absolute Gasteiger partial charge is 0.338 e. The zero-order valence-corrected chi connectivity index (χ0v) is 25.3. The van der Waals surface area contributed by atoms with Crippen molar-refractivity contribution in [1.82, 2.24) is 9.88 Å². The van der Waals surface area contributed by atoms with Crippen molar-refractivity contribution in [3.05, 3.63) is 64.3 Å². The second-order valence-corrected chi connectivity index (χ2v) is 11.9. The van der Waals surface area contributed by atoms with E-state index in [9.17, 15) is 24.9 Å². The molecule has 1 saturated carbocycles. The Labute approximate surface area is 252 Å². The lowest BCUT2D eigenvalue weighted by atomic mass is 9.70. The third-order valence-corrected chi connectivity index (χ3v) is 8.73. The Morgan fingerprint density at radius 1 is 1.24 bits per heavy atom. The van der Waals surface area contributed by atoms with Gasteiger partial charge in [-0.2, -0.15) is 0 Å². The monoisotopic (exact) mass is 599 g/mol. The Morgan fingerprint density at radius 3 is 2.69 bits per heavy atom. The van der Waals surface area contributed by atoms with Gasteiger partial charge in [0.2, 0.25) is 5.91 Å². The van der Waals surface area contributed by atoms with Crippen LogP contribution in [0.1, 0.15) is 68.4 Å². The van der Waals surface area contributed by atoms with Crippen LogP contribution in [0.25, 0.3) is 0 Å². The minimum Gasteiger partial charge on any atom is -0.489 e. The van der Waals surface area contributed by atoms with Gasteiger partial charge in [-0.3, -0.25) is 4.79 Å². The first-order chi connectivity index (χ1) is 20.1. The van der Waals surface area contributed by atoms with E-state index in [1.54, 1.807) is 18.0 Å². The van der Waals surface area contributed by atoms with Gasteiger partial charge in [0.25, 0.3) is 0 Å². The van der Waals surface area contributed by atoms with Crippen LogP contribution in [0, 0.1) is 11.8 Å². The largest absolute Gasteiger partial charge is 0.489 e. The van der Waals surface area contributed by atoms with Crippen LogP contribution in [0.4, 0.5) is 5.82 Å². The summed E-state index contributed by atoms with van der Waals surface area (Å²) in [5.41, 5.74) is 2.39. The summed E-state index contributed by atoms with van der Waals surface area (Å²) < 4.78 is 6.26. The van der Waals surface area contributed by atoms with Gasteiger partial charge in [0, 0.05) is 44.5 Å². The van der Waals surface area contributed by atoms with Crippen molar-refractivity contribution in [1.29, 1.82) is 0 Å². The number of anilines is 1. The number of benzene rings is 1. The second-order valence-electron chi connectivity index (χ2n) is 11.5. The normalized spacial score (nSPS) is 21.6. The molecule has 2 aliphatic rings. The number of carboxylic acids is 1. The van der Waals surface area contributed by atoms with E-state index in [0.29, 0.717) is 49.3 Å². The molecule has 1 fully saturated rings. The number of nitrogens with zero attached hydrogens (tertiary/aromatic N) is 3. The Bertz CT molecular complexity index is 1290. The van der Waals surface area contributed by atoms with Gasteiger partial charge in [-0.1, -0.05) is 43.2 Å². The molecule has 2 aromatic rings. The highest BCUT2D eigenvalue weighted by Gasteiger charge is 2.38. The molecule has 228 valence electrons. The van der Waals surface area contributed by atoms with E-state index in [1.807, 2.05) is 24.3 Å². The van der Waals surface area contributed by atoms with E-state index in [0.717, 1.165) is 31.2 Å². The van der Waals surface area contributed by atoms with Gasteiger partial charge in [0.15, 0.2) is 17.7 Å². The number of carboxylic acid groups (broad SMARTS) is 1. The molecular formula is C32H42ClN3O6. The number of fused-ring (bicyclic) bond motifs is 1. The maximum Gasteiger partial charge on any atom is 0.338 e. The number of halogens is 1. The number of aliphatic hydroxyl groups is 2. The fourth-order valence-corrected chi connectivity index (χ4v) is 6.02. The van der Waals surface area contributed by atoms with Gasteiger partial charge in [-0.25, -0.2) is 9.78 Å². The van der Waals surface area contributed by atoms with Crippen molar-refractivity contribution < 1.29 is 29.6 Å². The summed E-state index contributed by atoms with van der Waals surface area (Å²) in [6, 6.07) is 9.15. The molecular weight excluding hydrogens is 558 g/mol. The number of aliphatic hydroxyl groups excluding tert-OH is 2. The Morgan fingerprint density at radius 2 is 2.02 bits per heavy atom. The molecule has 1 aliphatic heterocycles. The predicted octanol–water partition coefficient (Wildman–Crippen LogP) is 4.60. The maximum absolute atomic E-state index is 11.5. The molecule has 0 spiro atoms. The molecule has 3 N–H and O–H groups in total. The van der Waals surface area contributed by atoms with Crippen LogP contribution < -0.4 is 9.64 Å². The first kappa shape index (κ1) is 31.8. The molecule has 1 aromatic heterocycles. The fraction of sp³-hybridized carbons (Fsp3) is 0.531. The molecule has 9 nitrogen and oxygen atoms in total. The van der Waals surface area contributed by atoms with E-state index < -0.39 is 18.2 Å². The zero-order valence-electron chi connectivity index (χ0n) is 24.6. The number of aliphatic carboxylic acids is 1. The summed E-state index contributed by atoms with van der Waals surface area (Å²) in [6.45, 7) is 5.86. The number of hydrogen-bond donors (Lipinski definition) is 3. The van der Waals surface area contributed by atoms with Crippen LogP contribution in [0.2, 0.25) is 5.02 Å². The van der Waals surface area contributed by atoms with Gasteiger partial charge >= 0.3 is 5.97 Å². The number of carbonyl (C=O) groups is 2. The number of amides is 1. The Kier molecular flexibility index (Phi) is 10.9. The summed E-state index contributed by atoms with van der Waals surface area (Å²) in [4.78, 5) is 31.3. The third-order valence-electron chi connectivity index (χ3n) is 8.49. The van der Waals surface area contributed by atoms with Crippen LogP contribution >= 0.6 is 11.6 Å². The highest BCUT2D eigenvalue weighted by molar-refractivity contribution is 6.30. The van der Waals surface area contributed by atoms with Gasteiger partial charge in [0.1, 0.15) is 0 Å². The van der Waals surface area contributed by atoms with Crippen LogP contribution in [-0.4, -0.2) is 76.5 Å².